The summed E-state index contributed by atoms with van der Waals surface area (Å²) in [6, 6.07) is 1.56. The number of sulfonamides is 1. The van der Waals surface area contributed by atoms with Crippen LogP contribution in [0.5, 0.6) is 0 Å². The number of nitrogens with one attached hydrogen (secondary N) is 1. The van der Waals surface area contributed by atoms with Gasteiger partial charge >= 0.3 is 0 Å². The standard InChI is InChI=1S/C19H21ClF2N4O2S2/c20-16-13(26-7-4-19(10-26)3-2-14(19)25-5-1-6-25)8-12(21)18(17(16)22)30(27,28)24-15-9-29-11-23-15/h8-9,11,14,24H,1-7,10H2/t14-,19+/m1/s1. The van der Waals surface area contributed by atoms with Crippen LogP contribution in [0.3, 0.4) is 0 Å². The number of aromatic nitrogens is 1. The predicted octanol–water partition coefficient (Wildman–Crippen LogP) is 3.94. The van der Waals surface area contributed by atoms with Gasteiger partial charge in [0.05, 0.1) is 11.2 Å². The maximum atomic E-state index is 15.0. The van der Waals surface area contributed by atoms with E-state index < -0.39 is 26.6 Å². The molecule has 2 saturated heterocycles. The quantitative estimate of drug-likeness (QED) is 0.665. The minimum Gasteiger partial charge on any atom is -0.370 e. The topological polar surface area (TPSA) is 65.5 Å². The molecule has 11 heteroatoms. The number of likely N-dealkylation sites (tertiary alicyclic amines) is 1. The van der Waals surface area contributed by atoms with E-state index in [1.165, 1.54) is 17.3 Å². The van der Waals surface area contributed by atoms with Crippen LogP contribution < -0.4 is 9.62 Å². The van der Waals surface area contributed by atoms with E-state index in [1.807, 2.05) is 4.90 Å². The van der Waals surface area contributed by atoms with Crippen molar-refractivity contribution in [2.45, 2.75) is 36.6 Å². The van der Waals surface area contributed by atoms with Crippen LogP contribution >= 0.6 is 22.9 Å². The van der Waals surface area contributed by atoms with Crippen molar-refractivity contribution in [3.8, 4) is 0 Å². The monoisotopic (exact) mass is 474 g/mol. The summed E-state index contributed by atoms with van der Waals surface area (Å²) in [5.74, 6) is -2.44. The molecule has 0 bridgehead atoms. The van der Waals surface area contributed by atoms with Crippen molar-refractivity contribution in [1.29, 1.82) is 0 Å². The fourth-order valence-electron chi connectivity index (χ4n) is 4.98. The molecule has 5 rings (SSSR count). The molecule has 2 aromatic rings. The number of hydrogen-bond donors (Lipinski definition) is 1. The molecule has 30 heavy (non-hydrogen) atoms. The van der Waals surface area contributed by atoms with Crippen LogP contribution in [0.4, 0.5) is 20.3 Å². The van der Waals surface area contributed by atoms with Crippen molar-refractivity contribution < 1.29 is 17.2 Å². The third kappa shape index (κ3) is 3.19. The minimum atomic E-state index is -4.50. The van der Waals surface area contributed by atoms with Gasteiger partial charge in [0, 0.05) is 36.0 Å². The predicted molar refractivity (Wildman–Crippen MR) is 113 cm³/mol. The Hall–Kier alpha value is -1.49. The van der Waals surface area contributed by atoms with Crippen LogP contribution in [0, 0.1) is 17.0 Å². The van der Waals surface area contributed by atoms with E-state index in [0.29, 0.717) is 19.1 Å². The molecule has 0 unspecified atom stereocenters. The highest BCUT2D eigenvalue weighted by atomic mass is 35.5. The third-order valence-corrected chi connectivity index (χ3v) is 9.05. The van der Waals surface area contributed by atoms with Crippen LogP contribution in [-0.2, 0) is 10.0 Å². The molecule has 1 aliphatic carbocycles. The molecule has 6 nitrogen and oxygen atoms in total. The van der Waals surface area contributed by atoms with Gasteiger partial charge in [-0.25, -0.2) is 22.2 Å². The maximum Gasteiger partial charge on any atom is 0.268 e. The lowest BCUT2D eigenvalue weighted by molar-refractivity contribution is -0.0427. The summed E-state index contributed by atoms with van der Waals surface area (Å²) in [5, 5.41) is 1.06. The summed E-state index contributed by atoms with van der Waals surface area (Å²) in [7, 11) is -4.50. The Morgan fingerprint density at radius 2 is 2.07 bits per heavy atom. The molecule has 0 radical (unpaired) electrons. The fourth-order valence-corrected chi connectivity index (χ4v) is 7.00. The van der Waals surface area contributed by atoms with Gasteiger partial charge < -0.3 is 4.90 Å². The number of rotatable bonds is 5. The van der Waals surface area contributed by atoms with E-state index in [9.17, 15) is 12.8 Å². The van der Waals surface area contributed by atoms with Crippen LogP contribution in [-0.4, -0.2) is 50.5 Å². The first-order valence-corrected chi connectivity index (χ1v) is 12.7. The lowest BCUT2D eigenvalue weighted by Gasteiger charge is -2.55. The van der Waals surface area contributed by atoms with Gasteiger partial charge in [-0.3, -0.25) is 9.62 Å². The van der Waals surface area contributed by atoms with E-state index in [4.69, 9.17) is 11.6 Å². The summed E-state index contributed by atoms with van der Waals surface area (Å²) in [5.41, 5.74) is 1.76. The minimum absolute atomic E-state index is 0.00232. The fraction of sp³-hybridized carbons (Fsp3) is 0.526. The molecule has 1 N–H and O–H groups in total. The molecule has 1 saturated carbocycles. The molecule has 2 atom stereocenters. The highest BCUT2D eigenvalue weighted by Gasteiger charge is 2.54. The van der Waals surface area contributed by atoms with Gasteiger partial charge in [0.2, 0.25) is 0 Å². The van der Waals surface area contributed by atoms with Gasteiger partial charge in [0.1, 0.15) is 10.8 Å². The Morgan fingerprint density at radius 1 is 1.27 bits per heavy atom. The molecular weight excluding hydrogens is 454 g/mol. The highest BCUT2D eigenvalue weighted by Crippen LogP contribution is 2.53. The zero-order chi connectivity index (χ0) is 21.1. The van der Waals surface area contributed by atoms with Gasteiger partial charge in [0.15, 0.2) is 16.5 Å². The van der Waals surface area contributed by atoms with Crippen LogP contribution in [0.2, 0.25) is 5.02 Å². The molecule has 1 aromatic heterocycles. The van der Waals surface area contributed by atoms with Crippen LogP contribution in [0.25, 0.3) is 0 Å². The van der Waals surface area contributed by atoms with Gasteiger partial charge in [-0.1, -0.05) is 11.6 Å². The average Bonchev–Trinajstić information content (AvgIpc) is 3.30. The summed E-state index contributed by atoms with van der Waals surface area (Å²) in [6.07, 6.45) is 4.42. The summed E-state index contributed by atoms with van der Waals surface area (Å²) >= 11 is 7.39. The van der Waals surface area contributed by atoms with Crippen molar-refractivity contribution in [2.24, 2.45) is 5.41 Å². The second kappa shape index (κ2) is 7.29. The van der Waals surface area contributed by atoms with Crippen molar-refractivity contribution in [3.63, 3.8) is 0 Å². The van der Waals surface area contributed by atoms with E-state index in [2.05, 4.69) is 14.6 Å². The van der Waals surface area contributed by atoms with Gasteiger partial charge in [0.25, 0.3) is 10.0 Å². The zero-order valence-electron chi connectivity index (χ0n) is 16.1. The Kier molecular flexibility index (Phi) is 4.96. The number of thiazole rings is 1. The van der Waals surface area contributed by atoms with Crippen molar-refractivity contribution in [1.82, 2.24) is 9.88 Å². The lowest BCUT2D eigenvalue weighted by Crippen LogP contribution is -2.60. The van der Waals surface area contributed by atoms with Crippen molar-refractivity contribution in [3.05, 3.63) is 33.6 Å². The van der Waals surface area contributed by atoms with E-state index in [1.54, 1.807) is 0 Å². The maximum absolute atomic E-state index is 15.0. The largest absolute Gasteiger partial charge is 0.370 e. The van der Waals surface area contributed by atoms with Gasteiger partial charge in [-0.05, 0) is 38.8 Å². The average molecular weight is 475 g/mol. The molecule has 3 heterocycles. The Labute approximate surface area is 182 Å². The Balaban J connectivity index is 1.42. The molecule has 0 amide bonds. The van der Waals surface area contributed by atoms with Crippen molar-refractivity contribution >= 4 is 44.5 Å². The first-order chi connectivity index (χ1) is 14.3. The van der Waals surface area contributed by atoms with Gasteiger partial charge in [-0.2, -0.15) is 0 Å². The molecule has 3 aliphatic rings. The van der Waals surface area contributed by atoms with E-state index >= 15 is 4.39 Å². The molecule has 1 spiro atoms. The number of anilines is 2. The van der Waals surface area contributed by atoms with Crippen molar-refractivity contribution in [2.75, 3.05) is 35.8 Å². The second-order valence-corrected chi connectivity index (χ2v) is 11.0. The number of nitrogens with zero attached hydrogens (tertiary/aromatic N) is 3. The number of hydrogen-bond acceptors (Lipinski definition) is 6. The Morgan fingerprint density at radius 3 is 2.67 bits per heavy atom. The highest BCUT2D eigenvalue weighted by molar-refractivity contribution is 7.92. The summed E-state index contributed by atoms with van der Waals surface area (Å²) in [6.45, 7) is 3.56. The number of halogens is 3. The normalized spacial score (nSPS) is 26.6. The Bertz CT molecular complexity index is 1080. The van der Waals surface area contributed by atoms with Crippen LogP contribution in [0.1, 0.15) is 25.7 Å². The first kappa shape index (κ1) is 20.4. The molecule has 3 fully saturated rings. The summed E-state index contributed by atoms with van der Waals surface area (Å²) in [4.78, 5) is 7.10. The number of benzene rings is 1. The lowest BCUT2D eigenvalue weighted by atomic mass is 9.62. The SMILES string of the molecule is O=S(=O)(Nc1cscn1)c1c(F)cc(N2CC[C@@]3(CC[C@H]3N3CCC3)C2)c(Cl)c1F. The van der Waals surface area contributed by atoms with Gasteiger partial charge in [-0.15, -0.1) is 11.3 Å². The summed E-state index contributed by atoms with van der Waals surface area (Å²) < 4.78 is 57.0. The van der Waals surface area contributed by atoms with Crippen LogP contribution in [0.15, 0.2) is 21.9 Å². The third-order valence-electron chi connectivity index (χ3n) is 6.72. The second-order valence-electron chi connectivity index (χ2n) is 8.29. The zero-order valence-corrected chi connectivity index (χ0v) is 18.5. The molecule has 2 aliphatic heterocycles. The smallest absolute Gasteiger partial charge is 0.268 e. The van der Waals surface area contributed by atoms with E-state index in [-0.39, 0.29) is 21.9 Å². The molecule has 162 valence electrons. The molecule has 1 aromatic carbocycles. The van der Waals surface area contributed by atoms with E-state index in [0.717, 1.165) is 49.8 Å². The first-order valence-electron chi connectivity index (χ1n) is 9.88. The molecular formula is C19H21ClF2N4O2S2.